The van der Waals surface area contributed by atoms with E-state index in [0.717, 1.165) is 31.2 Å². The summed E-state index contributed by atoms with van der Waals surface area (Å²) in [5, 5.41) is 2.87. The minimum atomic E-state index is -0.666. The topological polar surface area (TPSA) is 88.3 Å². The van der Waals surface area contributed by atoms with Gasteiger partial charge in [0.1, 0.15) is 5.82 Å². The number of anilines is 1. The van der Waals surface area contributed by atoms with Crippen LogP contribution >= 0.6 is 24.8 Å². The maximum absolute atomic E-state index is 12.6. The number of rotatable bonds is 3. The Balaban J connectivity index is 0.00000169. The van der Waals surface area contributed by atoms with Gasteiger partial charge in [-0.3, -0.25) is 9.59 Å². The molecule has 0 bridgehead atoms. The lowest BCUT2D eigenvalue weighted by Crippen LogP contribution is -2.55. The second-order valence-electron chi connectivity index (χ2n) is 7.14. The van der Waals surface area contributed by atoms with Crippen molar-refractivity contribution in [3.8, 4) is 0 Å². The van der Waals surface area contributed by atoms with Crippen molar-refractivity contribution in [3.05, 3.63) is 23.9 Å². The van der Waals surface area contributed by atoms with Crippen molar-refractivity contribution < 1.29 is 9.59 Å². The van der Waals surface area contributed by atoms with E-state index in [0.29, 0.717) is 31.7 Å². The molecule has 2 aliphatic rings. The fourth-order valence-electron chi connectivity index (χ4n) is 3.65. The minimum Gasteiger partial charge on any atom is -0.341 e. The largest absolute Gasteiger partial charge is 0.341 e. The molecule has 146 valence electrons. The Labute approximate surface area is 167 Å². The van der Waals surface area contributed by atoms with Gasteiger partial charge in [0, 0.05) is 25.2 Å². The zero-order valence-corrected chi connectivity index (χ0v) is 16.7. The standard InChI is InChI=1S/C18H26N4O2.2ClH/c1-13-4-5-15(20-12-13)21-16(23)14-6-10-22(11-7-14)17(24)18(19)8-2-3-9-18;;/h4-5,12,14H,2-3,6-11,19H2,1H3,(H,20,21,23);2*1H. The molecule has 0 aromatic carbocycles. The summed E-state index contributed by atoms with van der Waals surface area (Å²) in [6.45, 7) is 3.17. The molecule has 2 amide bonds. The van der Waals surface area contributed by atoms with Crippen LogP contribution in [0, 0.1) is 12.8 Å². The van der Waals surface area contributed by atoms with Crippen LogP contribution in [-0.4, -0.2) is 40.3 Å². The van der Waals surface area contributed by atoms with Gasteiger partial charge < -0.3 is 16.0 Å². The van der Waals surface area contributed by atoms with Gasteiger partial charge in [0.15, 0.2) is 0 Å². The highest BCUT2D eigenvalue weighted by molar-refractivity contribution is 5.92. The van der Waals surface area contributed by atoms with Crippen LogP contribution in [0.25, 0.3) is 0 Å². The summed E-state index contributed by atoms with van der Waals surface area (Å²) in [5.74, 6) is 0.561. The van der Waals surface area contributed by atoms with Crippen LogP contribution in [0.1, 0.15) is 44.1 Å². The maximum atomic E-state index is 12.6. The number of piperidine rings is 1. The third kappa shape index (κ3) is 5.09. The van der Waals surface area contributed by atoms with E-state index in [-0.39, 0.29) is 42.5 Å². The van der Waals surface area contributed by atoms with Gasteiger partial charge >= 0.3 is 0 Å². The first kappa shape index (κ1) is 22.7. The number of likely N-dealkylation sites (tertiary alicyclic amines) is 1. The zero-order valence-electron chi connectivity index (χ0n) is 15.1. The van der Waals surface area contributed by atoms with Crippen molar-refractivity contribution in [1.29, 1.82) is 0 Å². The molecule has 1 saturated heterocycles. The van der Waals surface area contributed by atoms with Gasteiger partial charge in [-0.25, -0.2) is 4.98 Å². The van der Waals surface area contributed by atoms with Crippen molar-refractivity contribution in [2.45, 2.75) is 51.0 Å². The molecule has 8 heteroatoms. The summed E-state index contributed by atoms with van der Waals surface area (Å²) in [6, 6.07) is 3.73. The number of halogens is 2. The average molecular weight is 403 g/mol. The number of nitrogens with two attached hydrogens (primary N) is 1. The number of pyridine rings is 1. The van der Waals surface area contributed by atoms with Crippen LogP contribution in [0.2, 0.25) is 0 Å². The molecule has 1 aromatic heterocycles. The number of nitrogens with one attached hydrogen (secondary N) is 1. The molecule has 1 saturated carbocycles. The molecular formula is C18H28Cl2N4O2. The molecular weight excluding hydrogens is 375 g/mol. The minimum absolute atomic E-state index is 0. The predicted octanol–water partition coefficient (Wildman–Crippen LogP) is 2.68. The third-order valence-corrected chi connectivity index (χ3v) is 5.24. The second kappa shape index (κ2) is 9.53. The van der Waals surface area contributed by atoms with Crippen molar-refractivity contribution in [1.82, 2.24) is 9.88 Å². The highest BCUT2D eigenvalue weighted by Crippen LogP contribution is 2.30. The number of hydrogen-bond acceptors (Lipinski definition) is 4. The molecule has 2 heterocycles. The lowest BCUT2D eigenvalue weighted by molar-refractivity contribution is -0.139. The fourth-order valence-corrected chi connectivity index (χ4v) is 3.65. The quantitative estimate of drug-likeness (QED) is 0.812. The van der Waals surface area contributed by atoms with E-state index >= 15 is 0 Å². The number of carbonyl (C=O) groups is 2. The smallest absolute Gasteiger partial charge is 0.242 e. The number of carbonyl (C=O) groups excluding carboxylic acids is 2. The molecule has 2 fully saturated rings. The van der Waals surface area contributed by atoms with E-state index in [1.54, 1.807) is 6.20 Å². The lowest BCUT2D eigenvalue weighted by Gasteiger charge is -2.36. The van der Waals surface area contributed by atoms with E-state index in [9.17, 15) is 9.59 Å². The van der Waals surface area contributed by atoms with Gasteiger partial charge in [-0.05, 0) is 44.2 Å². The van der Waals surface area contributed by atoms with Gasteiger partial charge in [-0.2, -0.15) is 0 Å². The first-order chi connectivity index (χ1) is 11.5. The summed E-state index contributed by atoms with van der Waals surface area (Å²) >= 11 is 0. The summed E-state index contributed by atoms with van der Waals surface area (Å²) in [7, 11) is 0. The third-order valence-electron chi connectivity index (χ3n) is 5.24. The molecule has 1 aliphatic heterocycles. The fraction of sp³-hybridized carbons (Fsp3) is 0.611. The summed E-state index contributed by atoms with van der Waals surface area (Å²) in [5.41, 5.74) is 6.66. The van der Waals surface area contributed by atoms with Crippen LogP contribution < -0.4 is 11.1 Å². The maximum Gasteiger partial charge on any atom is 0.242 e. The average Bonchev–Trinajstić information content (AvgIpc) is 3.04. The van der Waals surface area contributed by atoms with Crippen molar-refractivity contribution in [2.75, 3.05) is 18.4 Å². The molecule has 1 aliphatic carbocycles. The van der Waals surface area contributed by atoms with Crippen LogP contribution in [0.4, 0.5) is 5.82 Å². The van der Waals surface area contributed by atoms with E-state index in [2.05, 4.69) is 10.3 Å². The highest BCUT2D eigenvalue weighted by atomic mass is 35.5. The summed E-state index contributed by atoms with van der Waals surface area (Å²) < 4.78 is 0. The Morgan fingerprint density at radius 3 is 2.35 bits per heavy atom. The number of aryl methyl sites for hydroxylation is 1. The Kier molecular flexibility index (Phi) is 8.31. The number of aromatic nitrogens is 1. The molecule has 6 nitrogen and oxygen atoms in total. The van der Waals surface area contributed by atoms with E-state index in [4.69, 9.17) is 5.73 Å². The molecule has 0 radical (unpaired) electrons. The van der Waals surface area contributed by atoms with E-state index in [1.807, 2.05) is 24.0 Å². The summed E-state index contributed by atoms with van der Waals surface area (Å²) in [4.78, 5) is 31.0. The van der Waals surface area contributed by atoms with Crippen LogP contribution in [-0.2, 0) is 9.59 Å². The Bertz CT molecular complexity index is 610. The Morgan fingerprint density at radius 2 is 1.81 bits per heavy atom. The van der Waals surface area contributed by atoms with Crippen molar-refractivity contribution in [2.24, 2.45) is 11.7 Å². The molecule has 0 spiro atoms. The number of amides is 2. The molecule has 3 rings (SSSR count). The normalized spacial score (nSPS) is 19.2. The Hall–Kier alpha value is -1.37. The number of nitrogens with zero attached hydrogens (tertiary/aromatic N) is 2. The monoisotopic (exact) mass is 402 g/mol. The number of hydrogen-bond donors (Lipinski definition) is 2. The van der Waals surface area contributed by atoms with Crippen molar-refractivity contribution >= 4 is 42.4 Å². The summed E-state index contributed by atoms with van der Waals surface area (Å²) in [6.07, 6.45) is 6.73. The zero-order chi connectivity index (χ0) is 17.2. The van der Waals surface area contributed by atoms with Gasteiger partial charge in [0.2, 0.25) is 11.8 Å². The molecule has 0 atom stereocenters. The van der Waals surface area contributed by atoms with E-state index < -0.39 is 5.54 Å². The first-order valence-electron chi connectivity index (χ1n) is 8.80. The first-order valence-corrected chi connectivity index (χ1v) is 8.80. The van der Waals surface area contributed by atoms with Crippen LogP contribution in [0.15, 0.2) is 18.3 Å². The van der Waals surface area contributed by atoms with Crippen molar-refractivity contribution in [3.63, 3.8) is 0 Å². The molecule has 1 aromatic rings. The van der Waals surface area contributed by atoms with E-state index in [1.165, 1.54) is 0 Å². The Morgan fingerprint density at radius 1 is 1.19 bits per heavy atom. The molecule has 26 heavy (non-hydrogen) atoms. The van der Waals surface area contributed by atoms with Gasteiger partial charge in [0.25, 0.3) is 0 Å². The van der Waals surface area contributed by atoms with Crippen LogP contribution in [0.5, 0.6) is 0 Å². The molecule has 3 N–H and O–H groups in total. The van der Waals surface area contributed by atoms with Gasteiger partial charge in [-0.1, -0.05) is 18.9 Å². The lowest BCUT2D eigenvalue weighted by atomic mass is 9.92. The predicted molar refractivity (Wildman–Crippen MR) is 107 cm³/mol. The van der Waals surface area contributed by atoms with Crippen LogP contribution in [0.3, 0.4) is 0 Å². The highest BCUT2D eigenvalue weighted by Gasteiger charge is 2.41. The van der Waals surface area contributed by atoms with Gasteiger partial charge in [-0.15, -0.1) is 24.8 Å². The molecule has 0 unspecified atom stereocenters. The SMILES string of the molecule is Cc1ccc(NC(=O)C2CCN(C(=O)C3(N)CCCC3)CC2)nc1.Cl.Cl. The second-order valence-corrected chi connectivity index (χ2v) is 7.14. The van der Waals surface area contributed by atoms with Gasteiger partial charge in [0.05, 0.1) is 5.54 Å².